The number of halogens is 1. The van der Waals surface area contributed by atoms with E-state index < -0.39 is 11.7 Å². The number of nitrogens with one attached hydrogen (secondary N) is 2. The van der Waals surface area contributed by atoms with Crippen molar-refractivity contribution in [2.24, 2.45) is 0 Å². The molecule has 30 heavy (non-hydrogen) atoms. The molecular weight excluding hydrogens is 454 g/mol. The van der Waals surface area contributed by atoms with Gasteiger partial charge in [0.1, 0.15) is 10.2 Å². The van der Waals surface area contributed by atoms with Crippen molar-refractivity contribution in [2.75, 3.05) is 23.7 Å². The molecule has 2 aromatic rings. The first-order valence-electron chi connectivity index (χ1n) is 10.2. The molecule has 10 nitrogen and oxygen atoms in total. The first-order chi connectivity index (χ1) is 14.1. The van der Waals surface area contributed by atoms with Crippen LogP contribution in [0.25, 0.3) is 5.65 Å². The van der Waals surface area contributed by atoms with Gasteiger partial charge in [0.25, 0.3) is 0 Å². The van der Waals surface area contributed by atoms with E-state index in [4.69, 9.17) is 4.74 Å². The monoisotopic (exact) mass is 483 g/mol. The standard InChI is InChI=1S/C19H30BrN7O3/c1-6-13(11(2)28)23-17-24-15(16-21-9-14(20)27(16)25-17)22-12-7-8-26(10-12)18(29)30-19(3,4)5/h9,11-13,28H,6-8,10H2,1-5H3,(H2,22,23,24,25)/t11-,12+,13+/m1/s1. The minimum atomic E-state index is -0.547. The van der Waals surface area contributed by atoms with Gasteiger partial charge in [0.05, 0.1) is 18.3 Å². The van der Waals surface area contributed by atoms with E-state index in [1.54, 1.807) is 22.5 Å². The lowest BCUT2D eigenvalue weighted by molar-refractivity contribution is 0.0293. The van der Waals surface area contributed by atoms with Crippen molar-refractivity contribution < 1.29 is 14.6 Å². The van der Waals surface area contributed by atoms with E-state index in [-0.39, 0.29) is 18.2 Å². The van der Waals surface area contributed by atoms with Crippen LogP contribution in [-0.2, 0) is 4.74 Å². The van der Waals surface area contributed by atoms with Gasteiger partial charge in [-0.15, -0.1) is 5.10 Å². The molecule has 0 bridgehead atoms. The average Bonchev–Trinajstić information content (AvgIpc) is 3.25. The Balaban J connectivity index is 1.78. The largest absolute Gasteiger partial charge is 0.444 e. The lowest BCUT2D eigenvalue weighted by Gasteiger charge is -2.24. The molecule has 3 heterocycles. The number of amides is 1. The Labute approximate surface area is 184 Å². The second kappa shape index (κ2) is 8.93. The van der Waals surface area contributed by atoms with Gasteiger partial charge in [-0.05, 0) is 56.5 Å². The molecule has 0 saturated carbocycles. The van der Waals surface area contributed by atoms with Crippen LogP contribution in [0.1, 0.15) is 47.5 Å². The van der Waals surface area contributed by atoms with Crippen LogP contribution in [0.5, 0.6) is 0 Å². The Morgan fingerprint density at radius 1 is 1.47 bits per heavy atom. The minimum Gasteiger partial charge on any atom is -0.444 e. The van der Waals surface area contributed by atoms with Crippen LogP contribution in [0.15, 0.2) is 10.8 Å². The van der Waals surface area contributed by atoms with Gasteiger partial charge < -0.3 is 25.4 Å². The summed E-state index contributed by atoms with van der Waals surface area (Å²) in [6.45, 7) is 10.4. The van der Waals surface area contributed by atoms with Gasteiger partial charge in [-0.25, -0.2) is 9.78 Å². The second-order valence-electron chi connectivity index (χ2n) is 8.56. The van der Waals surface area contributed by atoms with E-state index >= 15 is 0 Å². The lowest BCUT2D eigenvalue weighted by Crippen LogP contribution is -2.36. The molecule has 0 aliphatic carbocycles. The van der Waals surface area contributed by atoms with Crippen LogP contribution < -0.4 is 10.6 Å². The van der Waals surface area contributed by atoms with Gasteiger partial charge in [-0.2, -0.15) is 9.50 Å². The summed E-state index contributed by atoms with van der Waals surface area (Å²) in [5.41, 5.74) is 0.0530. The summed E-state index contributed by atoms with van der Waals surface area (Å²) in [5.74, 6) is 0.952. The van der Waals surface area contributed by atoms with Crippen molar-refractivity contribution in [3.05, 3.63) is 10.8 Å². The Hall–Kier alpha value is -2.14. The summed E-state index contributed by atoms with van der Waals surface area (Å²) in [6, 6.07) is -0.162. The van der Waals surface area contributed by atoms with E-state index in [9.17, 15) is 9.90 Å². The number of ether oxygens (including phenoxy) is 1. The number of hydrogen-bond donors (Lipinski definition) is 3. The summed E-state index contributed by atoms with van der Waals surface area (Å²) in [4.78, 5) is 23.0. The maximum absolute atomic E-state index is 12.3. The van der Waals surface area contributed by atoms with Crippen molar-refractivity contribution in [1.82, 2.24) is 24.5 Å². The summed E-state index contributed by atoms with van der Waals surface area (Å²) in [7, 11) is 0. The molecule has 1 saturated heterocycles. The van der Waals surface area contributed by atoms with Crippen LogP contribution in [-0.4, -0.2) is 72.6 Å². The molecule has 1 amide bonds. The zero-order valence-corrected chi connectivity index (χ0v) is 19.6. The van der Waals surface area contributed by atoms with E-state index in [0.29, 0.717) is 35.1 Å². The van der Waals surface area contributed by atoms with Crippen molar-refractivity contribution in [3.63, 3.8) is 0 Å². The molecule has 0 unspecified atom stereocenters. The molecule has 1 fully saturated rings. The van der Waals surface area contributed by atoms with Gasteiger partial charge in [0.15, 0.2) is 11.5 Å². The Bertz CT molecular complexity index is 896. The number of likely N-dealkylation sites (tertiary alicyclic amines) is 1. The Morgan fingerprint density at radius 3 is 2.83 bits per heavy atom. The van der Waals surface area contributed by atoms with Crippen molar-refractivity contribution in [2.45, 2.75) is 71.2 Å². The summed E-state index contributed by atoms with van der Waals surface area (Å²) in [6.07, 6.45) is 2.29. The van der Waals surface area contributed by atoms with E-state index in [1.165, 1.54) is 0 Å². The zero-order chi connectivity index (χ0) is 22.1. The van der Waals surface area contributed by atoms with Crippen LogP contribution in [0, 0.1) is 0 Å². The number of carbonyl (C=O) groups excluding carboxylic acids is 1. The first kappa shape index (κ1) is 22.5. The SMILES string of the molecule is CC[C@H](Nc1nc(N[C@H]2CCN(C(=O)OC(C)(C)C)C2)c2ncc(Br)n2n1)[C@@H](C)O. The number of fused-ring (bicyclic) bond motifs is 1. The third kappa shape index (κ3) is 5.31. The number of nitrogens with zero attached hydrogens (tertiary/aromatic N) is 5. The zero-order valence-electron chi connectivity index (χ0n) is 18.0. The molecule has 166 valence electrons. The maximum atomic E-state index is 12.3. The number of aliphatic hydroxyl groups excluding tert-OH is 1. The van der Waals surface area contributed by atoms with E-state index in [2.05, 4.69) is 41.6 Å². The van der Waals surface area contributed by atoms with Gasteiger partial charge in [-0.3, -0.25) is 0 Å². The molecule has 3 atom stereocenters. The molecule has 3 rings (SSSR count). The van der Waals surface area contributed by atoms with Crippen molar-refractivity contribution in [3.8, 4) is 0 Å². The first-order valence-corrected chi connectivity index (χ1v) is 11.0. The molecule has 1 aliphatic heterocycles. The number of aromatic nitrogens is 4. The van der Waals surface area contributed by atoms with Crippen LogP contribution in [0.4, 0.5) is 16.6 Å². The molecular formula is C19H30BrN7O3. The second-order valence-corrected chi connectivity index (χ2v) is 9.37. The highest BCUT2D eigenvalue weighted by Gasteiger charge is 2.30. The highest BCUT2D eigenvalue weighted by molar-refractivity contribution is 9.10. The predicted molar refractivity (Wildman–Crippen MR) is 118 cm³/mol. The fourth-order valence-corrected chi connectivity index (χ4v) is 3.66. The molecule has 0 radical (unpaired) electrons. The van der Waals surface area contributed by atoms with Gasteiger partial charge in [0, 0.05) is 19.1 Å². The number of aliphatic hydroxyl groups is 1. The van der Waals surface area contributed by atoms with Crippen molar-refractivity contribution >= 4 is 39.4 Å². The molecule has 11 heteroatoms. The number of anilines is 2. The number of hydrogen-bond acceptors (Lipinski definition) is 8. The topological polar surface area (TPSA) is 117 Å². The summed E-state index contributed by atoms with van der Waals surface area (Å²) in [5, 5.41) is 21.0. The number of rotatable bonds is 6. The molecule has 1 aliphatic rings. The lowest BCUT2D eigenvalue weighted by atomic mass is 10.1. The van der Waals surface area contributed by atoms with E-state index in [0.717, 1.165) is 12.8 Å². The van der Waals surface area contributed by atoms with Crippen LogP contribution in [0.3, 0.4) is 0 Å². The Morgan fingerprint density at radius 2 is 2.20 bits per heavy atom. The summed E-state index contributed by atoms with van der Waals surface area (Å²) < 4.78 is 7.81. The van der Waals surface area contributed by atoms with Gasteiger partial charge in [0.2, 0.25) is 5.95 Å². The average molecular weight is 484 g/mol. The third-order valence-corrected chi connectivity index (χ3v) is 5.38. The molecule has 2 aromatic heterocycles. The molecule has 0 aromatic carbocycles. The van der Waals surface area contributed by atoms with Crippen molar-refractivity contribution in [1.29, 1.82) is 0 Å². The molecule has 3 N–H and O–H groups in total. The van der Waals surface area contributed by atoms with E-state index in [1.807, 2.05) is 27.7 Å². The number of imidazole rings is 1. The van der Waals surface area contributed by atoms with Gasteiger partial charge in [-0.1, -0.05) is 6.92 Å². The normalized spacial score (nSPS) is 19.0. The fraction of sp³-hybridized carbons (Fsp3) is 0.684. The quantitative estimate of drug-likeness (QED) is 0.573. The summed E-state index contributed by atoms with van der Waals surface area (Å²) >= 11 is 3.45. The maximum Gasteiger partial charge on any atom is 0.410 e. The Kier molecular flexibility index (Phi) is 6.71. The predicted octanol–water partition coefficient (Wildman–Crippen LogP) is 2.88. The smallest absolute Gasteiger partial charge is 0.410 e. The fourth-order valence-electron chi connectivity index (χ4n) is 3.31. The molecule has 0 spiro atoms. The minimum absolute atomic E-state index is 0.0123. The number of carbonyl (C=O) groups is 1. The van der Waals surface area contributed by atoms with Crippen LogP contribution >= 0.6 is 15.9 Å². The third-order valence-electron chi connectivity index (χ3n) is 4.84. The van der Waals surface area contributed by atoms with Crippen LogP contribution in [0.2, 0.25) is 0 Å². The highest BCUT2D eigenvalue weighted by atomic mass is 79.9. The highest BCUT2D eigenvalue weighted by Crippen LogP contribution is 2.23. The van der Waals surface area contributed by atoms with Gasteiger partial charge >= 0.3 is 6.09 Å².